The SMILES string of the molecule is O=C(CCCOc1cccc(F)c1)N1CCCC1c1[nH]ncc1-c1ccncc1. The molecule has 0 spiro atoms. The average molecular weight is 394 g/mol. The highest BCUT2D eigenvalue weighted by molar-refractivity contribution is 5.77. The Kier molecular flexibility index (Phi) is 5.84. The van der Waals surface area contributed by atoms with Gasteiger partial charge in [-0.05, 0) is 49.1 Å². The third-order valence-electron chi connectivity index (χ3n) is 5.17. The summed E-state index contributed by atoms with van der Waals surface area (Å²) in [6, 6.07) is 9.92. The number of amides is 1. The fraction of sp³-hybridized carbons (Fsp3) is 0.318. The van der Waals surface area contributed by atoms with Crippen molar-refractivity contribution in [2.24, 2.45) is 0 Å². The molecule has 29 heavy (non-hydrogen) atoms. The van der Waals surface area contributed by atoms with Crippen LogP contribution in [0, 0.1) is 5.82 Å². The lowest BCUT2D eigenvalue weighted by molar-refractivity contribution is -0.132. The number of likely N-dealkylation sites (tertiary alicyclic amines) is 1. The predicted molar refractivity (Wildman–Crippen MR) is 107 cm³/mol. The van der Waals surface area contributed by atoms with Crippen molar-refractivity contribution in [1.82, 2.24) is 20.1 Å². The molecule has 150 valence electrons. The summed E-state index contributed by atoms with van der Waals surface area (Å²) in [4.78, 5) is 18.8. The topological polar surface area (TPSA) is 71.1 Å². The van der Waals surface area contributed by atoms with Crippen LogP contribution in [0.1, 0.15) is 37.4 Å². The largest absolute Gasteiger partial charge is 0.493 e. The Morgan fingerprint density at radius 2 is 2.14 bits per heavy atom. The van der Waals surface area contributed by atoms with Crippen LogP contribution in [0.3, 0.4) is 0 Å². The Labute approximate surface area is 168 Å². The van der Waals surface area contributed by atoms with Gasteiger partial charge in [0.2, 0.25) is 5.91 Å². The van der Waals surface area contributed by atoms with Crippen LogP contribution in [0.5, 0.6) is 5.75 Å². The standard InChI is InChI=1S/C22H23FN4O2/c23-17-4-1-5-18(14-17)29-13-3-7-21(28)27-12-2-6-20(27)22-19(15-25-26-22)16-8-10-24-11-9-16/h1,4-5,8-11,14-15,20H,2-3,6-7,12-13H2,(H,25,26). The Bertz CT molecular complexity index is 960. The van der Waals surface area contributed by atoms with Crippen LogP contribution in [0.4, 0.5) is 4.39 Å². The molecule has 1 unspecified atom stereocenters. The summed E-state index contributed by atoms with van der Waals surface area (Å²) in [6.07, 6.45) is 8.16. The number of nitrogens with one attached hydrogen (secondary N) is 1. The van der Waals surface area contributed by atoms with E-state index < -0.39 is 0 Å². The normalized spacial score (nSPS) is 16.2. The molecule has 0 bridgehead atoms. The van der Waals surface area contributed by atoms with E-state index in [9.17, 15) is 9.18 Å². The maximum Gasteiger partial charge on any atom is 0.223 e. The van der Waals surface area contributed by atoms with E-state index in [0.717, 1.165) is 36.2 Å². The van der Waals surface area contributed by atoms with E-state index in [-0.39, 0.29) is 17.8 Å². The lowest BCUT2D eigenvalue weighted by atomic mass is 10.0. The molecule has 1 atom stereocenters. The van der Waals surface area contributed by atoms with Gasteiger partial charge in [-0.3, -0.25) is 14.9 Å². The zero-order valence-corrected chi connectivity index (χ0v) is 16.1. The lowest BCUT2D eigenvalue weighted by Gasteiger charge is -2.25. The van der Waals surface area contributed by atoms with E-state index in [1.54, 1.807) is 30.7 Å². The third kappa shape index (κ3) is 4.45. The highest BCUT2D eigenvalue weighted by Crippen LogP contribution is 2.36. The van der Waals surface area contributed by atoms with E-state index in [0.29, 0.717) is 25.2 Å². The second kappa shape index (κ2) is 8.86. The van der Waals surface area contributed by atoms with Crippen molar-refractivity contribution in [3.8, 4) is 16.9 Å². The molecule has 3 heterocycles. The Balaban J connectivity index is 1.36. The molecule has 1 aliphatic heterocycles. The average Bonchev–Trinajstić information content (AvgIpc) is 3.41. The van der Waals surface area contributed by atoms with Crippen LogP contribution in [0.2, 0.25) is 0 Å². The van der Waals surface area contributed by atoms with Crippen LogP contribution in [-0.2, 0) is 4.79 Å². The smallest absolute Gasteiger partial charge is 0.223 e. The Morgan fingerprint density at radius 3 is 2.97 bits per heavy atom. The van der Waals surface area contributed by atoms with E-state index in [1.807, 2.05) is 17.0 Å². The van der Waals surface area contributed by atoms with Gasteiger partial charge in [0, 0.05) is 37.0 Å². The number of H-pyrrole nitrogens is 1. The number of carbonyl (C=O) groups is 1. The van der Waals surface area contributed by atoms with Gasteiger partial charge in [-0.25, -0.2) is 4.39 Å². The Morgan fingerprint density at radius 1 is 1.28 bits per heavy atom. The van der Waals surface area contributed by atoms with E-state index >= 15 is 0 Å². The first-order valence-corrected chi connectivity index (χ1v) is 9.84. The highest BCUT2D eigenvalue weighted by atomic mass is 19.1. The van der Waals surface area contributed by atoms with Crippen molar-refractivity contribution >= 4 is 5.91 Å². The molecule has 6 nitrogen and oxygen atoms in total. The van der Waals surface area contributed by atoms with Gasteiger partial charge in [-0.1, -0.05) is 6.07 Å². The van der Waals surface area contributed by atoms with Gasteiger partial charge in [-0.2, -0.15) is 5.10 Å². The molecular formula is C22H23FN4O2. The highest BCUT2D eigenvalue weighted by Gasteiger charge is 2.32. The minimum Gasteiger partial charge on any atom is -0.493 e. The minimum absolute atomic E-state index is 0.00250. The second-order valence-corrected chi connectivity index (χ2v) is 7.09. The van der Waals surface area contributed by atoms with Gasteiger partial charge in [0.25, 0.3) is 0 Å². The molecule has 1 aliphatic rings. The number of nitrogens with zero attached hydrogens (tertiary/aromatic N) is 3. The zero-order valence-electron chi connectivity index (χ0n) is 16.1. The molecule has 4 rings (SSSR count). The van der Waals surface area contributed by atoms with Crippen LogP contribution in [0.15, 0.2) is 55.0 Å². The molecule has 0 aliphatic carbocycles. The summed E-state index contributed by atoms with van der Waals surface area (Å²) in [5.74, 6) is 0.254. The minimum atomic E-state index is -0.331. The molecule has 0 radical (unpaired) electrons. The van der Waals surface area contributed by atoms with Crippen molar-refractivity contribution in [3.05, 3.63) is 66.5 Å². The first kappa shape index (κ1) is 19.1. The molecule has 1 amide bonds. The molecule has 3 aromatic rings. The monoisotopic (exact) mass is 394 g/mol. The molecule has 0 saturated carbocycles. The number of hydrogen-bond acceptors (Lipinski definition) is 4. The van der Waals surface area contributed by atoms with Gasteiger partial charge >= 0.3 is 0 Å². The van der Waals surface area contributed by atoms with E-state index in [4.69, 9.17) is 4.74 Å². The quantitative estimate of drug-likeness (QED) is 0.612. The van der Waals surface area contributed by atoms with Crippen molar-refractivity contribution in [3.63, 3.8) is 0 Å². The summed E-state index contributed by atoms with van der Waals surface area (Å²) in [5.41, 5.74) is 3.01. The first-order valence-electron chi connectivity index (χ1n) is 9.84. The number of halogens is 1. The van der Waals surface area contributed by atoms with Crippen LogP contribution >= 0.6 is 0 Å². The van der Waals surface area contributed by atoms with E-state index in [1.165, 1.54) is 12.1 Å². The van der Waals surface area contributed by atoms with Crippen molar-refractivity contribution < 1.29 is 13.9 Å². The van der Waals surface area contributed by atoms with Crippen molar-refractivity contribution in [2.45, 2.75) is 31.7 Å². The van der Waals surface area contributed by atoms with Gasteiger partial charge in [0.15, 0.2) is 0 Å². The fourth-order valence-electron chi connectivity index (χ4n) is 3.79. The number of pyridine rings is 1. The summed E-state index contributed by atoms with van der Waals surface area (Å²) in [6.45, 7) is 1.11. The van der Waals surface area contributed by atoms with Crippen LogP contribution in [0.25, 0.3) is 11.1 Å². The maximum absolute atomic E-state index is 13.2. The van der Waals surface area contributed by atoms with Gasteiger partial charge in [-0.15, -0.1) is 0 Å². The summed E-state index contributed by atoms with van der Waals surface area (Å²) in [7, 11) is 0. The molecule has 1 saturated heterocycles. The van der Waals surface area contributed by atoms with Crippen LogP contribution in [-0.4, -0.2) is 39.1 Å². The van der Waals surface area contributed by atoms with Crippen molar-refractivity contribution in [2.75, 3.05) is 13.2 Å². The lowest BCUT2D eigenvalue weighted by Crippen LogP contribution is -2.31. The van der Waals surface area contributed by atoms with Gasteiger partial charge < -0.3 is 9.64 Å². The second-order valence-electron chi connectivity index (χ2n) is 7.09. The van der Waals surface area contributed by atoms with Gasteiger partial charge in [0.1, 0.15) is 11.6 Å². The predicted octanol–water partition coefficient (Wildman–Crippen LogP) is 4.13. The molecule has 2 aromatic heterocycles. The fourth-order valence-corrected chi connectivity index (χ4v) is 3.79. The number of aromatic amines is 1. The number of aromatic nitrogens is 3. The molecular weight excluding hydrogens is 371 g/mol. The van der Waals surface area contributed by atoms with Crippen LogP contribution < -0.4 is 4.74 Å². The third-order valence-corrected chi connectivity index (χ3v) is 5.17. The van der Waals surface area contributed by atoms with Gasteiger partial charge in [0.05, 0.1) is 24.5 Å². The summed E-state index contributed by atoms with van der Waals surface area (Å²) >= 11 is 0. The number of benzene rings is 1. The molecule has 1 aromatic carbocycles. The number of ether oxygens (including phenoxy) is 1. The number of rotatable bonds is 7. The number of carbonyl (C=O) groups excluding carboxylic acids is 1. The molecule has 7 heteroatoms. The first-order chi connectivity index (χ1) is 14.2. The summed E-state index contributed by atoms with van der Waals surface area (Å²) < 4.78 is 18.7. The Hall–Kier alpha value is -3.22. The maximum atomic E-state index is 13.2. The molecule has 1 N–H and O–H groups in total. The number of hydrogen-bond donors (Lipinski definition) is 1. The zero-order chi connectivity index (χ0) is 20.1. The summed E-state index contributed by atoms with van der Waals surface area (Å²) in [5, 5.41) is 7.32. The van der Waals surface area contributed by atoms with Crippen molar-refractivity contribution in [1.29, 1.82) is 0 Å². The molecule has 1 fully saturated rings. The van der Waals surface area contributed by atoms with E-state index in [2.05, 4.69) is 15.2 Å².